The van der Waals surface area contributed by atoms with Gasteiger partial charge in [0, 0.05) is 36.1 Å². The van der Waals surface area contributed by atoms with Gasteiger partial charge in [0.25, 0.3) is 0 Å². The van der Waals surface area contributed by atoms with Crippen molar-refractivity contribution in [3.8, 4) is 5.75 Å². The van der Waals surface area contributed by atoms with Crippen LogP contribution in [-0.4, -0.2) is 12.1 Å². The van der Waals surface area contributed by atoms with Gasteiger partial charge in [0.1, 0.15) is 0 Å². The van der Waals surface area contributed by atoms with Crippen LogP contribution in [0.15, 0.2) is 24.3 Å². The molecule has 0 fully saturated rings. The molecule has 1 heterocycles. The van der Waals surface area contributed by atoms with Gasteiger partial charge in [-0.25, -0.2) is 0 Å². The second-order valence-corrected chi connectivity index (χ2v) is 4.88. The van der Waals surface area contributed by atoms with Crippen LogP contribution in [0.25, 0.3) is 21.0 Å². The van der Waals surface area contributed by atoms with E-state index in [9.17, 15) is 0 Å². The summed E-state index contributed by atoms with van der Waals surface area (Å²) in [5, 5.41) is 3.28. The van der Waals surface area contributed by atoms with Crippen molar-refractivity contribution in [2.45, 2.75) is 6.92 Å². The van der Waals surface area contributed by atoms with E-state index in [1.807, 2.05) is 19.1 Å². The number of nitrogens with zero attached hydrogens (tertiary/aromatic N) is 1. The van der Waals surface area contributed by atoms with Crippen LogP contribution in [-0.2, 0) is 20.1 Å². The molecule has 0 spiro atoms. The van der Waals surface area contributed by atoms with E-state index in [0.717, 1.165) is 27.0 Å². The Morgan fingerprint density at radius 3 is 2.94 bits per heavy atom. The maximum atomic E-state index is 5.19. The molecule has 0 N–H and O–H groups in total. The Labute approximate surface area is 117 Å². The molecule has 4 heteroatoms. The summed E-state index contributed by atoms with van der Waals surface area (Å²) in [4.78, 5) is 4.54. The number of methoxy groups -OCH3 is 1. The fraction of sp³-hybridized carbons (Fsp3) is 0.154. The van der Waals surface area contributed by atoms with Crippen molar-refractivity contribution < 1.29 is 24.8 Å². The molecule has 2 nitrogen and oxygen atoms in total. The Morgan fingerprint density at radius 1 is 1.35 bits per heavy atom. The van der Waals surface area contributed by atoms with E-state index in [2.05, 4.69) is 23.2 Å². The van der Waals surface area contributed by atoms with Gasteiger partial charge in [-0.05, 0) is 6.92 Å². The van der Waals surface area contributed by atoms with Crippen molar-refractivity contribution in [2.24, 2.45) is 0 Å². The molecule has 0 saturated heterocycles. The molecule has 0 bridgehead atoms. The molecular formula is C13H10IrNOS-. The fourth-order valence-electron chi connectivity index (χ4n) is 1.85. The van der Waals surface area contributed by atoms with E-state index in [1.165, 1.54) is 4.70 Å². The van der Waals surface area contributed by atoms with Crippen LogP contribution in [0.5, 0.6) is 5.75 Å². The number of rotatable bonds is 1. The number of fused-ring (bicyclic) bond motifs is 3. The minimum Gasteiger partial charge on any atom is -0.540 e. The zero-order valence-corrected chi connectivity index (χ0v) is 12.6. The molecule has 17 heavy (non-hydrogen) atoms. The summed E-state index contributed by atoms with van der Waals surface area (Å²) in [5.41, 5.74) is 1.04. The molecule has 0 unspecified atom stereocenters. The van der Waals surface area contributed by atoms with E-state index in [0.29, 0.717) is 0 Å². The van der Waals surface area contributed by atoms with Gasteiger partial charge in [-0.3, -0.25) is 4.98 Å². The van der Waals surface area contributed by atoms with E-state index in [1.54, 1.807) is 18.4 Å². The second-order valence-electron chi connectivity index (χ2n) is 3.65. The van der Waals surface area contributed by atoms with E-state index in [4.69, 9.17) is 4.74 Å². The van der Waals surface area contributed by atoms with Crippen LogP contribution in [0, 0.1) is 13.0 Å². The Hall–Kier alpha value is -0.961. The number of aryl methyl sites for hydroxylation is 1. The third-order valence-corrected chi connectivity index (χ3v) is 3.53. The minimum absolute atomic E-state index is 0. The van der Waals surface area contributed by atoms with Crippen LogP contribution < -0.4 is 4.74 Å². The molecule has 0 aliphatic carbocycles. The van der Waals surface area contributed by atoms with Crippen molar-refractivity contribution in [3.05, 3.63) is 35.3 Å². The third-order valence-electron chi connectivity index (χ3n) is 2.59. The zero-order chi connectivity index (χ0) is 11.1. The summed E-state index contributed by atoms with van der Waals surface area (Å²) in [6.45, 7) is 2.03. The molecule has 2 aromatic carbocycles. The number of thiazole rings is 1. The molecule has 3 rings (SSSR count). The van der Waals surface area contributed by atoms with Gasteiger partial charge in [-0.15, -0.1) is 34.2 Å². The molecule has 1 radical (unpaired) electrons. The van der Waals surface area contributed by atoms with Crippen molar-refractivity contribution in [2.75, 3.05) is 7.11 Å². The van der Waals surface area contributed by atoms with Gasteiger partial charge >= 0.3 is 0 Å². The number of ether oxygens (including phenoxy) is 1. The predicted octanol–water partition coefficient (Wildman–Crippen LogP) is 3.56. The summed E-state index contributed by atoms with van der Waals surface area (Å²) in [6.07, 6.45) is 0. The molecule has 0 amide bonds. The van der Waals surface area contributed by atoms with E-state index >= 15 is 0 Å². The SMILES string of the molecule is COc1c[c-]c2c(ccc3sc(C)nc32)c1.[Ir]. The summed E-state index contributed by atoms with van der Waals surface area (Å²) in [6, 6.07) is 11.3. The fourth-order valence-corrected chi connectivity index (χ4v) is 2.68. The smallest absolute Gasteiger partial charge is 0.0787 e. The van der Waals surface area contributed by atoms with Gasteiger partial charge in [-0.2, -0.15) is 0 Å². The van der Waals surface area contributed by atoms with Gasteiger partial charge in [0.15, 0.2) is 0 Å². The zero-order valence-electron chi connectivity index (χ0n) is 9.41. The maximum absolute atomic E-state index is 5.19. The van der Waals surface area contributed by atoms with Crippen LogP contribution in [0.1, 0.15) is 5.01 Å². The summed E-state index contributed by atoms with van der Waals surface area (Å²) >= 11 is 1.71. The third kappa shape index (κ3) is 2.08. The molecule has 0 aliphatic rings. The summed E-state index contributed by atoms with van der Waals surface area (Å²) in [7, 11) is 1.67. The molecule has 0 atom stereocenters. The van der Waals surface area contributed by atoms with E-state index in [-0.39, 0.29) is 20.1 Å². The van der Waals surface area contributed by atoms with E-state index < -0.39 is 0 Å². The van der Waals surface area contributed by atoms with Crippen LogP contribution in [0.3, 0.4) is 0 Å². The van der Waals surface area contributed by atoms with Crippen LogP contribution >= 0.6 is 11.3 Å². The first-order valence-electron chi connectivity index (χ1n) is 5.03. The quantitative estimate of drug-likeness (QED) is 0.562. The predicted molar refractivity (Wildman–Crippen MR) is 67.3 cm³/mol. The van der Waals surface area contributed by atoms with Crippen molar-refractivity contribution >= 4 is 32.3 Å². The monoisotopic (exact) mass is 421 g/mol. The first kappa shape index (κ1) is 12.5. The molecule has 0 aliphatic heterocycles. The second kappa shape index (κ2) is 4.73. The Kier molecular flexibility index (Phi) is 3.48. The summed E-state index contributed by atoms with van der Waals surface area (Å²) in [5.74, 6) is 0.832. The first-order valence-corrected chi connectivity index (χ1v) is 5.85. The number of hydrogen-bond donors (Lipinski definition) is 0. The van der Waals surface area contributed by atoms with Gasteiger partial charge < -0.3 is 4.74 Å². The van der Waals surface area contributed by atoms with Crippen molar-refractivity contribution in [1.82, 2.24) is 4.98 Å². The van der Waals surface area contributed by atoms with Gasteiger partial charge in [0.2, 0.25) is 0 Å². The Bertz CT molecular complexity index is 678. The minimum atomic E-state index is 0. The Balaban J connectivity index is 0.00000108. The Morgan fingerprint density at radius 2 is 2.18 bits per heavy atom. The topological polar surface area (TPSA) is 22.1 Å². The van der Waals surface area contributed by atoms with Crippen LogP contribution in [0.2, 0.25) is 0 Å². The van der Waals surface area contributed by atoms with Gasteiger partial charge in [0.05, 0.1) is 12.1 Å². The number of benzene rings is 2. The molecular weight excluding hydrogens is 410 g/mol. The first-order chi connectivity index (χ1) is 7.78. The molecule has 0 saturated carbocycles. The van der Waals surface area contributed by atoms with Crippen LogP contribution in [0.4, 0.5) is 0 Å². The number of aromatic nitrogens is 1. The van der Waals surface area contributed by atoms with Gasteiger partial charge in [-0.1, -0.05) is 18.2 Å². The normalized spacial score (nSPS) is 10.5. The van der Waals surface area contributed by atoms with Crippen molar-refractivity contribution in [1.29, 1.82) is 0 Å². The molecule has 3 aromatic rings. The maximum Gasteiger partial charge on any atom is 0.0787 e. The molecule has 1 aromatic heterocycles. The average Bonchev–Trinajstić information content (AvgIpc) is 2.69. The standard InChI is InChI=1S/C13H10NOS.Ir/c1-8-14-13-11-5-4-10(15-2)7-9(11)3-6-12(13)16-8;/h3-4,6-7H,1-2H3;/q-1;. The molecule has 89 valence electrons. The average molecular weight is 421 g/mol. The largest absolute Gasteiger partial charge is 0.540 e. The van der Waals surface area contributed by atoms with Crippen molar-refractivity contribution in [3.63, 3.8) is 0 Å². The number of hydrogen-bond acceptors (Lipinski definition) is 3. The summed E-state index contributed by atoms with van der Waals surface area (Å²) < 4.78 is 6.40.